The maximum absolute atomic E-state index is 13.9. The maximum Gasteiger partial charge on any atom is 0.305 e. The van der Waals surface area contributed by atoms with E-state index in [2.05, 4.69) is 4.90 Å². The Morgan fingerprint density at radius 3 is 2.43 bits per heavy atom. The molecule has 1 fully saturated rings. The van der Waals surface area contributed by atoms with Crippen LogP contribution in [-0.2, 0) is 10.3 Å². The number of halogens is 1. The first kappa shape index (κ1) is 16.0. The van der Waals surface area contributed by atoms with Crippen molar-refractivity contribution < 1.29 is 14.3 Å². The van der Waals surface area contributed by atoms with Crippen LogP contribution in [-0.4, -0.2) is 29.1 Å². The number of benzene rings is 1. The Labute approximate surface area is 125 Å². The normalized spacial score (nSPS) is 19.8. The van der Waals surface area contributed by atoms with E-state index >= 15 is 0 Å². The first-order chi connectivity index (χ1) is 9.93. The summed E-state index contributed by atoms with van der Waals surface area (Å²) in [4.78, 5) is 13.6. The summed E-state index contributed by atoms with van der Waals surface area (Å²) in [6.07, 6.45) is 4.51. The monoisotopic (exact) mass is 293 g/mol. The summed E-state index contributed by atoms with van der Waals surface area (Å²) in [5.74, 6) is -1.11. The van der Waals surface area contributed by atoms with Crippen molar-refractivity contribution in [2.45, 2.75) is 51.5 Å². The molecule has 1 N–H and O–H groups in total. The van der Waals surface area contributed by atoms with Gasteiger partial charge >= 0.3 is 5.97 Å². The fourth-order valence-electron chi connectivity index (χ4n) is 3.18. The van der Waals surface area contributed by atoms with E-state index < -0.39 is 11.5 Å². The lowest BCUT2D eigenvalue weighted by molar-refractivity contribution is -0.140. The predicted octanol–water partition coefficient (Wildman–Crippen LogP) is 3.70. The second-order valence-electron chi connectivity index (χ2n) is 6.21. The molecule has 1 saturated heterocycles. The van der Waals surface area contributed by atoms with Gasteiger partial charge in [0.1, 0.15) is 5.82 Å². The first-order valence-corrected chi connectivity index (χ1v) is 7.67. The van der Waals surface area contributed by atoms with E-state index in [0.717, 1.165) is 31.5 Å². The van der Waals surface area contributed by atoms with Crippen LogP contribution in [0.3, 0.4) is 0 Å². The van der Waals surface area contributed by atoms with Crippen LogP contribution in [0.25, 0.3) is 0 Å². The molecule has 1 aromatic carbocycles. The third-order valence-electron chi connectivity index (χ3n) is 4.59. The van der Waals surface area contributed by atoms with Crippen LogP contribution in [0.2, 0.25) is 0 Å². The van der Waals surface area contributed by atoms with Crippen molar-refractivity contribution in [3.63, 3.8) is 0 Å². The highest BCUT2D eigenvalue weighted by molar-refractivity contribution is 5.69. The lowest BCUT2D eigenvalue weighted by Gasteiger charge is -2.40. The largest absolute Gasteiger partial charge is 0.481 e. The van der Waals surface area contributed by atoms with Gasteiger partial charge in [-0.05, 0) is 57.0 Å². The molecule has 0 aliphatic carbocycles. The van der Waals surface area contributed by atoms with Crippen LogP contribution < -0.4 is 0 Å². The molecular formula is C17H24FNO2. The SMILES string of the molecule is Cc1ccc(C(C)(CC(=O)O)N2CCCCCC2)cc1F. The van der Waals surface area contributed by atoms with Crippen molar-refractivity contribution in [2.24, 2.45) is 0 Å². The number of nitrogens with zero attached hydrogens (tertiary/aromatic N) is 1. The lowest BCUT2D eigenvalue weighted by Crippen LogP contribution is -2.46. The summed E-state index contributed by atoms with van der Waals surface area (Å²) in [5.41, 5.74) is 0.701. The smallest absolute Gasteiger partial charge is 0.305 e. The molecule has 0 saturated carbocycles. The average Bonchev–Trinajstić information content (AvgIpc) is 2.70. The Morgan fingerprint density at radius 1 is 1.29 bits per heavy atom. The Morgan fingerprint density at radius 2 is 1.90 bits per heavy atom. The molecule has 1 unspecified atom stereocenters. The van der Waals surface area contributed by atoms with Gasteiger partial charge in [-0.15, -0.1) is 0 Å². The fraction of sp³-hybridized carbons (Fsp3) is 0.588. The summed E-state index contributed by atoms with van der Waals surface area (Å²) in [6.45, 7) is 5.40. The van der Waals surface area contributed by atoms with Gasteiger partial charge in [0.2, 0.25) is 0 Å². The molecule has 1 aliphatic rings. The summed E-state index contributed by atoms with van der Waals surface area (Å²) in [6, 6.07) is 5.11. The molecule has 0 spiro atoms. The van der Waals surface area contributed by atoms with E-state index in [9.17, 15) is 14.3 Å². The van der Waals surface area contributed by atoms with Gasteiger partial charge in [-0.2, -0.15) is 0 Å². The number of hydrogen-bond acceptors (Lipinski definition) is 2. The Balaban J connectivity index is 2.38. The highest BCUT2D eigenvalue weighted by Gasteiger charge is 2.36. The van der Waals surface area contributed by atoms with Crippen LogP contribution >= 0.6 is 0 Å². The van der Waals surface area contributed by atoms with Crippen LogP contribution in [0.15, 0.2) is 18.2 Å². The van der Waals surface area contributed by atoms with Gasteiger partial charge < -0.3 is 5.11 Å². The van der Waals surface area contributed by atoms with Gasteiger partial charge in [-0.3, -0.25) is 9.69 Å². The van der Waals surface area contributed by atoms with Crippen molar-refractivity contribution in [1.29, 1.82) is 0 Å². The first-order valence-electron chi connectivity index (χ1n) is 7.67. The number of hydrogen-bond donors (Lipinski definition) is 1. The van der Waals surface area contributed by atoms with E-state index in [4.69, 9.17) is 0 Å². The number of carboxylic acids is 1. The van der Waals surface area contributed by atoms with E-state index in [1.54, 1.807) is 13.0 Å². The van der Waals surface area contributed by atoms with Gasteiger partial charge in [0, 0.05) is 0 Å². The third-order valence-corrected chi connectivity index (χ3v) is 4.59. The van der Waals surface area contributed by atoms with Gasteiger partial charge in [-0.1, -0.05) is 25.0 Å². The maximum atomic E-state index is 13.9. The van der Waals surface area contributed by atoms with Crippen LogP contribution in [0.1, 0.15) is 50.2 Å². The molecule has 1 atom stereocenters. The van der Waals surface area contributed by atoms with E-state index in [0.29, 0.717) is 5.56 Å². The van der Waals surface area contributed by atoms with Gasteiger partial charge in [0.15, 0.2) is 0 Å². The Hall–Kier alpha value is -1.42. The third kappa shape index (κ3) is 3.62. The molecule has 1 aromatic rings. The Kier molecular flexibility index (Phi) is 4.99. The van der Waals surface area contributed by atoms with Gasteiger partial charge in [-0.25, -0.2) is 4.39 Å². The summed E-state index contributed by atoms with van der Waals surface area (Å²) in [7, 11) is 0. The number of likely N-dealkylation sites (tertiary alicyclic amines) is 1. The molecule has 0 bridgehead atoms. The number of aliphatic carboxylic acids is 1. The molecule has 3 nitrogen and oxygen atoms in total. The summed E-state index contributed by atoms with van der Waals surface area (Å²) in [5, 5.41) is 9.31. The second-order valence-corrected chi connectivity index (χ2v) is 6.21. The number of carboxylic acid groups (broad SMARTS) is 1. The van der Waals surface area contributed by atoms with E-state index in [-0.39, 0.29) is 12.2 Å². The molecule has 21 heavy (non-hydrogen) atoms. The summed E-state index contributed by atoms with van der Waals surface area (Å²) < 4.78 is 13.9. The highest BCUT2D eigenvalue weighted by atomic mass is 19.1. The molecule has 2 rings (SSSR count). The second kappa shape index (κ2) is 6.56. The average molecular weight is 293 g/mol. The Bertz CT molecular complexity index is 510. The van der Waals surface area contributed by atoms with Crippen molar-refractivity contribution in [3.8, 4) is 0 Å². The molecular weight excluding hydrogens is 269 g/mol. The predicted molar refractivity (Wildman–Crippen MR) is 80.8 cm³/mol. The van der Waals surface area contributed by atoms with Crippen molar-refractivity contribution in [2.75, 3.05) is 13.1 Å². The minimum absolute atomic E-state index is 0.00446. The quantitative estimate of drug-likeness (QED) is 0.920. The van der Waals surface area contributed by atoms with Crippen molar-refractivity contribution in [1.82, 2.24) is 4.90 Å². The minimum Gasteiger partial charge on any atom is -0.481 e. The zero-order valence-corrected chi connectivity index (χ0v) is 12.9. The molecule has 0 radical (unpaired) electrons. The number of rotatable bonds is 4. The molecule has 4 heteroatoms. The zero-order chi connectivity index (χ0) is 15.5. The fourth-order valence-corrected chi connectivity index (χ4v) is 3.18. The van der Waals surface area contributed by atoms with E-state index in [1.165, 1.54) is 18.9 Å². The molecule has 0 amide bonds. The molecule has 116 valence electrons. The van der Waals surface area contributed by atoms with Gasteiger partial charge in [0.25, 0.3) is 0 Å². The lowest BCUT2D eigenvalue weighted by atomic mass is 9.85. The summed E-state index contributed by atoms with van der Waals surface area (Å²) >= 11 is 0. The van der Waals surface area contributed by atoms with Crippen LogP contribution in [0.4, 0.5) is 4.39 Å². The van der Waals surface area contributed by atoms with E-state index in [1.807, 2.05) is 13.0 Å². The molecule has 1 heterocycles. The standard InChI is InChI=1S/C17H24FNO2/c1-13-7-8-14(11-15(13)18)17(2,12-16(20)21)19-9-5-3-4-6-10-19/h7-8,11H,3-6,9-10,12H2,1-2H3,(H,20,21). The molecule has 0 aromatic heterocycles. The van der Waals surface area contributed by atoms with Crippen LogP contribution in [0.5, 0.6) is 0 Å². The zero-order valence-electron chi connectivity index (χ0n) is 12.9. The number of carbonyl (C=O) groups is 1. The highest BCUT2D eigenvalue weighted by Crippen LogP contribution is 2.34. The van der Waals surface area contributed by atoms with Crippen LogP contribution in [0, 0.1) is 12.7 Å². The minimum atomic E-state index is -0.845. The topological polar surface area (TPSA) is 40.5 Å². The van der Waals surface area contributed by atoms with Crippen molar-refractivity contribution >= 4 is 5.97 Å². The number of aryl methyl sites for hydroxylation is 1. The van der Waals surface area contributed by atoms with Crippen molar-refractivity contribution in [3.05, 3.63) is 35.1 Å². The molecule has 1 aliphatic heterocycles. The van der Waals surface area contributed by atoms with Gasteiger partial charge in [0.05, 0.1) is 12.0 Å².